The van der Waals surface area contributed by atoms with Gasteiger partial charge in [-0.15, -0.1) is 0 Å². The van der Waals surface area contributed by atoms with Gasteiger partial charge >= 0.3 is 0 Å². The molecule has 1 aliphatic heterocycles. The molecule has 2 aromatic carbocycles. The highest BCUT2D eigenvalue weighted by Crippen LogP contribution is 2.30. The van der Waals surface area contributed by atoms with Crippen LogP contribution in [0.3, 0.4) is 0 Å². The largest absolute Gasteiger partial charge is 0.352 e. The molecule has 1 heterocycles. The lowest BCUT2D eigenvalue weighted by molar-refractivity contribution is -0.119. The smallest absolute Gasteiger partial charge is 0.220 e. The molecule has 0 saturated carbocycles. The number of carbonyl (C=O) groups excluding carboxylic acids is 1. The molecule has 19 heavy (non-hydrogen) atoms. The molecule has 1 saturated heterocycles. The molecule has 0 bridgehead atoms. The van der Waals surface area contributed by atoms with Crippen molar-refractivity contribution in [3.8, 4) is 0 Å². The predicted molar refractivity (Wildman–Crippen MR) is 75.9 cm³/mol. The molecule has 0 spiro atoms. The average Bonchev–Trinajstić information content (AvgIpc) is 2.82. The van der Waals surface area contributed by atoms with E-state index < -0.39 is 0 Å². The Hall–Kier alpha value is -2.09. The van der Waals surface area contributed by atoms with Crippen molar-refractivity contribution in [3.05, 3.63) is 71.8 Å². The van der Waals surface area contributed by atoms with E-state index >= 15 is 0 Å². The molecule has 0 aromatic heterocycles. The Labute approximate surface area is 113 Å². The summed E-state index contributed by atoms with van der Waals surface area (Å²) in [5.41, 5.74) is 2.53. The monoisotopic (exact) mass is 251 g/mol. The summed E-state index contributed by atoms with van der Waals surface area (Å²) in [6, 6.07) is 20.9. The van der Waals surface area contributed by atoms with Crippen LogP contribution >= 0.6 is 0 Å². The van der Waals surface area contributed by atoms with E-state index in [-0.39, 0.29) is 17.9 Å². The van der Waals surface area contributed by atoms with Gasteiger partial charge in [0.1, 0.15) is 0 Å². The van der Waals surface area contributed by atoms with Crippen molar-refractivity contribution in [2.24, 2.45) is 0 Å². The van der Waals surface area contributed by atoms with Crippen molar-refractivity contribution in [3.63, 3.8) is 0 Å². The van der Waals surface area contributed by atoms with Gasteiger partial charge < -0.3 is 5.32 Å². The zero-order chi connectivity index (χ0) is 13.1. The SMILES string of the molecule is O=C1CC(c2ccccc2)C(Cc2ccccc2)N1. The van der Waals surface area contributed by atoms with Crippen molar-refractivity contribution in [2.45, 2.75) is 24.8 Å². The fraction of sp³-hybridized carbons (Fsp3) is 0.235. The normalized spacial score (nSPS) is 22.2. The van der Waals surface area contributed by atoms with Gasteiger partial charge in [-0.1, -0.05) is 60.7 Å². The molecule has 1 aliphatic rings. The highest BCUT2D eigenvalue weighted by atomic mass is 16.2. The minimum atomic E-state index is 0.162. The van der Waals surface area contributed by atoms with E-state index in [9.17, 15) is 4.79 Å². The molecule has 2 aromatic rings. The lowest BCUT2D eigenvalue weighted by Crippen LogP contribution is -2.30. The van der Waals surface area contributed by atoms with Gasteiger partial charge in [0, 0.05) is 18.4 Å². The second kappa shape index (κ2) is 5.27. The van der Waals surface area contributed by atoms with Crippen molar-refractivity contribution in [1.82, 2.24) is 5.32 Å². The Kier molecular flexibility index (Phi) is 3.32. The number of amides is 1. The van der Waals surface area contributed by atoms with Crippen LogP contribution in [0.5, 0.6) is 0 Å². The van der Waals surface area contributed by atoms with Crippen LogP contribution in [-0.4, -0.2) is 11.9 Å². The Morgan fingerprint density at radius 1 is 0.947 bits per heavy atom. The molecular formula is C17H17NO. The molecule has 1 N–H and O–H groups in total. The van der Waals surface area contributed by atoms with Crippen molar-refractivity contribution >= 4 is 5.91 Å². The molecule has 1 fully saturated rings. The van der Waals surface area contributed by atoms with Crippen LogP contribution in [0.25, 0.3) is 0 Å². The van der Waals surface area contributed by atoms with E-state index in [0.717, 1.165) is 6.42 Å². The van der Waals surface area contributed by atoms with Crippen molar-refractivity contribution in [1.29, 1.82) is 0 Å². The van der Waals surface area contributed by atoms with E-state index in [4.69, 9.17) is 0 Å². The quantitative estimate of drug-likeness (QED) is 0.893. The maximum absolute atomic E-state index is 11.7. The molecule has 0 aliphatic carbocycles. The lowest BCUT2D eigenvalue weighted by atomic mass is 9.88. The molecule has 96 valence electrons. The first-order valence-corrected chi connectivity index (χ1v) is 6.71. The van der Waals surface area contributed by atoms with E-state index in [1.807, 2.05) is 36.4 Å². The summed E-state index contributed by atoms with van der Waals surface area (Å²) in [5, 5.41) is 3.11. The third-order valence-electron chi connectivity index (χ3n) is 3.76. The Morgan fingerprint density at radius 2 is 1.58 bits per heavy atom. The van der Waals surface area contributed by atoms with Crippen LogP contribution in [0.2, 0.25) is 0 Å². The topological polar surface area (TPSA) is 29.1 Å². The number of carbonyl (C=O) groups is 1. The average molecular weight is 251 g/mol. The summed E-state index contributed by atoms with van der Waals surface area (Å²) >= 11 is 0. The van der Waals surface area contributed by atoms with Crippen LogP contribution in [0.1, 0.15) is 23.5 Å². The highest BCUT2D eigenvalue weighted by molar-refractivity contribution is 5.80. The summed E-state index contributed by atoms with van der Waals surface area (Å²) < 4.78 is 0. The number of hydrogen-bond acceptors (Lipinski definition) is 1. The highest BCUT2D eigenvalue weighted by Gasteiger charge is 2.33. The van der Waals surface area contributed by atoms with Gasteiger partial charge in [-0.05, 0) is 17.5 Å². The zero-order valence-corrected chi connectivity index (χ0v) is 10.8. The molecule has 2 nitrogen and oxygen atoms in total. The van der Waals surface area contributed by atoms with E-state index in [0.29, 0.717) is 6.42 Å². The number of rotatable bonds is 3. The van der Waals surface area contributed by atoms with Gasteiger partial charge in [0.25, 0.3) is 0 Å². The molecule has 1 amide bonds. The van der Waals surface area contributed by atoms with Gasteiger partial charge in [0.2, 0.25) is 5.91 Å². The van der Waals surface area contributed by atoms with Crippen LogP contribution in [-0.2, 0) is 11.2 Å². The minimum Gasteiger partial charge on any atom is -0.352 e. The van der Waals surface area contributed by atoms with Gasteiger partial charge in [-0.2, -0.15) is 0 Å². The van der Waals surface area contributed by atoms with Gasteiger partial charge in [-0.25, -0.2) is 0 Å². The first kappa shape index (κ1) is 12.0. The first-order valence-electron chi connectivity index (χ1n) is 6.71. The summed E-state index contributed by atoms with van der Waals surface area (Å²) in [5.74, 6) is 0.448. The lowest BCUT2D eigenvalue weighted by Gasteiger charge is -2.19. The zero-order valence-electron chi connectivity index (χ0n) is 10.8. The molecule has 2 atom stereocenters. The minimum absolute atomic E-state index is 0.162. The van der Waals surface area contributed by atoms with Crippen molar-refractivity contribution in [2.75, 3.05) is 0 Å². The maximum Gasteiger partial charge on any atom is 0.220 e. The second-order valence-electron chi connectivity index (χ2n) is 5.09. The van der Waals surface area contributed by atoms with Crippen LogP contribution < -0.4 is 5.32 Å². The third-order valence-corrected chi connectivity index (χ3v) is 3.76. The maximum atomic E-state index is 11.7. The van der Waals surface area contributed by atoms with Crippen molar-refractivity contribution < 1.29 is 4.79 Å². The summed E-state index contributed by atoms with van der Waals surface area (Å²) in [6.45, 7) is 0. The summed E-state index contributed by atoms with van der Waals surface area (Å²) in [4.78, 5) is 11.7. The Bertz CT molecular complexity index is 550. The predicted octanol–water partition coefficient (Wildman–Crippen LogP) is 2.90. The molecular weight excluding hydrogens is 234 g/mol. The van der Waals surface area contributed by atoms with Gasteiger partial charge in [-0.3, -0.25) is 4.79 Å². The number of nitrogens with one attached hydrogen (secondary N) is 1. The molecule has 3 rings (SSSR count). The fourth-order valence-corrected chi connectivity index (χ4v) is 2.82. The fourth-order valence-electron chi connectivity index (χ4n) is 2.82. The number of benzene rings is 2. The third kappa shape index (κ3) is 2.68. The first-order chi connectivity index (χ1) is 9.33. The van der Waals surface area contributed by atoms with Gasteiger partial charge in [0.05, 0.1) is 0 Å². The van der Waals surface area contributed by atoms with E-state index in [1.54, 1.807) is 0 Å². The Morgan fingerprint density at radius 3 is 2.26 bits per heavy atom. The molecule has 0 radical (unpaired) electrons. The summed E-state index contributed by atoms with van der Waals surface area (Å²) in [6.07, 6.45) is 1.49. The van der Waals surface area contributed by atoms with E-state index in [2.05, 4.69) is 29.6 Å². The van der Waals surface area contributed by atoms with Crippen LogP contribution in [0.4, 0.5) is 0 Å². The second-order valence-corrected chi connectivity index (χ2v) is 5.09. The van der Waals surface area contributed by atoms with Crippen LogP contribution in [0.15, 0.2) is 60.7 Å². The molecule has 2 heteroatoms. The summed E-state index contributed by atoms with van der Waals surface area (Å²) in [7, 11) is 0. The molecule has 2 unspecified atom stereocenters. The standard InChI is InChI=1S/C17H17NO/c19-17-12-15(14-9-5-2-6-10-14)16(18-17)11-13-7-3-1-4-8-13/h1-10,15-16H,11-12H2,(H,18,19). The Balaban J connectivity index is 1.81. The van der Waals surface area contributed by atoms with E-state index in [1.165, 1.54) is 11.1 Å². The van der Waals surface area contributed by atoms with Crippen LogP contribution in [0, 0.1) is 0 Å². The van der Waals surface area contributed by atoms with Gasteiger partial charge in [0.15, 0.2) is 0 Å². The number of hydrogen-bond donors (Lipinski definition) is 1.